The van der Waals surface area contributed by atoms with E-state index in [-0.39, 0.29) is 0 Å². The molecule has 4 aromatic rings. The fourth-order valence-electron chi connectivity index (χ4n) is 2.35. The Kier molecular flexibility index (Phi) is 2.50. The summed E-state index contributed by atoms with van der Waals surface area (Å²) < 4.78 is 5.28. The van der Waals surface area contributed by atoms with E-state index in [1.165, 1.54) is 0 Å². The zero-order chi connectivity index (χ0) is 14.2. The maximum Gasteiger partial charge on any atom is 0.157 e. The van der Waals surface area contributed by atoms with Crippen LogP contribution in [0.2, 0.25) is 0 Å². The van der Waals surface area contributed by atoms with Gasteiger partial charge >= 0.3 is 0 Å². The van der Waals surface area contributed by atoms with Gasteiger partial charge in [0.25, 0.3) is 0 Å². The molecule has 0 atom stereocenters. The van der Waals surface area contributed by atoms with Crippen LogP contribution in [0.15, 0.2) is 36.8 Å². The molecule has 0 radical (unpaired) electrons. The fraction of sp³-hybridized carbons (Fsp3) is 0.0714. The minimum Gasteiger partial charge on any atom is -0.497 e. The van der Waals surface area contributed by atoms with Crippen molar-refractivity contribution in [1.29, 1.82) is 0 Å². The number of H-pyrrole nitrogens is 2. The Labute approximate surface area is 119 Å². The van der Waals surface area contributed by atoms with Gasteiger partial charge in [0.1, 0.15) is 11.3 Å². The third-order valence-corrected chi connectivity index (χ3v) is 3.36. The monoisotopic (exact) mass is 280 g/mol. The zero-order valence-electron chi connectivity index (χ0n) is 11.2. The summed E-state index contributed by atoms with van der Waals surface area (Å²) in [6.07, 6.45) is 5.25. The summed E-state index contributed by atoms with van der Waals surface area (Å²) in [7, 11) is 1.65. The van der Waals surface area contributed by atoms with Crippen molar-refractivity contribution in [2.45, 2.75) is 0 Å². The molecule has 21 heavy (non-hydrogen) atoms. The largest absolute Gasteiger partial charge is 0.497 e. The highest BCUT2D eigenvalue weighted by Crippen LogP contribution is 2.31. The van der Waals surface area contributed by atoms with Crippen LogP contribution in [0.4, 0.5) is 11.5 Å². The number of rotatable bonds is 3. The summed E-state index contributed by atoms with van der Waals surface area (Å²) in [6, 6.07) is 5.78. The van der Waals surface area contributed by atoms with Gasteiger partial charge in [0, 0.05) is 17.0 Å². The van der Waals surface area contributed by atoms with Gasteiger partial charge in [-0.3, -0.25) is 10.2 Å². The number of hydrogen-bond acceptors (Lipinski definition) is 5. The Morgan fingerprint density at radius 2 is 2.10 bits per heavy atom. The van der Waals surface area contributed by atoms with Crippen molar-refractivity contribution < 1.29 is 4.74 Å². The summed E-state index contributed by atoms with van der Waals surface area (Å²) in [5.41, 5.74) is 2.55. The third kappa shape index (κ3) is 1.86. The molecule has 3 N–H and O–H groups in total. The Morgan fingerprint density at radius 3 is 2.90 bits per heavy atom. The van der Waals surface area contributed by atoms with Crippen molar-refractivity contribution in [2.24, 2.45) is 0 Å². The summed E-state index contributed by atoms with van der Waals surface area (Å²) in [4.78, 5) is 4.65. The van der Waals surface area contributed by atoms with Crippen molar-refractivity contribution in [3.05, 3.63) is 36.8 Å². The second-order valence-corrected chi connectivity index (χ2v) is 4.61. The van der Waals surface area contributed by atoms with Crippen LogP contribution >= 0.6 is 0 Å². The van der Waals surface area contributed by atoms with Gasteiger partial charge in [-0.05, 0) is 18.2 Å². The van der Waals surface area contributed by atoms with Gasteiger partial charge in [-0.25, -0.2) is 4.98 Å². The number of fused-ring (bicyclic) bond motifs is 3. The van der Waals surface area contributed by atoms with Crippen LogP contribution < -0.4 is 10.1 Å². The molecular weight excluding hydrogens is 268 g/mol. The van der Waals surface area contributed by atoms with Gasteiger partial charge in [0.2, 0.25) is 0 Å². The first kappa shape index (κ1) is 11.7. The molecule has 104 valence electrons. The number of hydrogen-bond donors (Lipinski definition) is 3. The number of benzene rings is 1. The highest BCUT2D eigenvalue weighted by atomic mass is 16.5. The molecule has 0 unspecified atom stereocenters. The first-order chi connectivity index (χ1) is 10.3. The minimum absolute atomic E-state index is 0.710. The van der Waals surface area contributed by atoms with Crippen LogP contribution in [0, 0.1) is 0 Å². The van der Waals surface area contributed by atoms with Crippen molar-refractivity contribution >= 4 is 33.3 Å². The number of ether oxygens (including phenoxy) is 1. The summed E-state index contributed by atoms with van der Waals surface area (Å²) in [5.74, 6) is 1.50. The standard InChI is InChI=1S/C14H12N6O/c1-21-9-2-3-12-10(4-9)11-7-17-20-13(11)14(19-12)18-8-5-15-16-6-8/h2-7H,1H3,(H,15,16)(H,17,20)(H,18,19). The zero-order valence-corrected chi connectivity index (χ0v) is 11.2. The molecule has 1 aromatic carbocycles. The molecular formula is C14H12N6O. The SMILES string of the molecule is COc1ccc2nc(Nc3cn[nH]c3)c3[nH]ncc3c2c1. The fourth-order valence-corrected chi connectivity index (χ4v) is 2.35. The lowest BCUT2D eigenvalue weighted by molar-refractivity contribution is 0.415. The van der Waals surface area contributed by atoms with Crippen molar-refractivity contribution in [3.63, 3.8) is 0 Å². The molecule has 0 spiro atoms. The normalized spacial score (nSPS) is 11.1. The van der Waals surface area contributed by atoms with Crippen LogP contribution in [0.1, 0.15) is 0 Å². The Hall–Kier alpha value is -3.09. The summed E-state index contributed by atoms with van der Waals surface area (Å²) in [6.45, 7) is 0. The van der Waals surface area contributed by atoms with Gasteiger partial charge in [-0.1, -0.05) is 0 Å². The predicted molar refractivity (Wildman–Crippen MR) is 79.8 cm³/mol. The molecule has 0 aliphatic carbocycles. The molecule has 3 aromatic heterocycles. The second-order valence-electron chi connectivity index (χ2n) is 4.61. The Bertz CT molecular complexity index is 912. The topological polar surface area (TPSA) is 91.5 Å². The molecule has 0 fully saturated rings. The number of aromatic nitrogens is 5. The molecule has 4 rings (SSSR count). The van der Waals surface area contributed by atoms with Gasteiger partial charge in [-0.15, -0.1) is 0 Å². The van der Waals surface area contributed by atoms with Crippen molar-refractivity contribution in [3.8, 4) is 5.75 Å². The summed E-state index contributed by atoms with van der Waals surface area (Å²) in [5, 5.41) is 19.0. The van der Waals surface area contributed by atoms with Gasteiger partial charge < -0.3 is 10.1 Å². The lowest BCUT2D eigenvalue weighted by atomic mass is 10.1. The molecule has 0 aliphatic rings. The maximum atomic E-state index is 5.28. The van der Waals surface area contributed by atoms with E-state index < -0.39 is 0 Å². The molecule has 7 heteroatoms. The quantitative estimate of drug-likeness (QED) is 0.536. The molecule has 0 saturated heterocycles. The molecule has 0 bridgehead atoms. The average Bonchev–Trinajstić information content (AvgIpc) is 3.18. The van der Waals surface area contributed by atoms with Crippen LogP contribution in [0.25, 0.3) is 21.8 Å². The molecule has 0 amide bonds. The van der Waals surface area contributed by atoms with Crippen molar-refractivity contribution in [1.82, 2.24) is 25.4 Å². The minimum atomic E-state index is 0.710. The lowest BCUT2D eigenvalue weighted by Crippen LogP contribution is -1.95. The van der Waals surface area contributed by atoms with E-state index in [4.69, 9.17) is 4.74 Å². The van der Waals surface area contributed by atoms with E-state index in [2.05, 4.69) is 30.7 Å². The predicted octanol–water partition coefficient (Wildman–Crippen LogP) is 2.59. The molecule has 0 aliphatic heterocycles. The number of pyridine rings is 1. The van der Waals surface area contributed by atoms with E-state index in [0.29, 0.717) is 5.82 Å². The number of methoxy groups -OCH3 is 1. The number of nitrogens with one attached hydrogen (secondary N) is 3. The van der Waals surface area contributed by atoms with Crippen LogP contribution in [0.3, 0.4) is 0 Å². The maximum absolute atomic E-state index is 5.28. The van der Waals surface area contributed by atoms with Crippen LogP contribution in [0.5, 0.6) is 5.75 Å². The lowest BCUT2D eigenvalue weighted by Gasteiger charge is -2.08. The van der Waals surface area contributed by atoms with E-state index in [1.807, 2.05) is 18.2 Å². The smallest absolute Gasteiger partial charge is 0.157 e. The van der Waals surface area contributed by atoms with Crippen molar-refractivity contribution in [2.75, 3.05) is 12.4 Å². The number of aromatic amines is 2. The number of anilines is 2. The van der Waals surface area contributed by atoms with Gasteiger partial charge in [-0.2, -0.15) is 10.2 Å². The van der Waals surface area contributed by atoms with E-state index >= 15 is 0 Å². The first-order valence-corrected chi connectivity index (χ1v) is 6.42. The Balaban J connectivity index is 1.96. The molecule has 0 saturated carbocycles. The van der Waals surface area contributed by atoms with Gasteiger partial charge in [0.15, 0.2) is 5.82 Å². The van der Waals surface area contributed by atoms with E-state index in [0.717, 1.165) is 33.2 Å². The Morgan fingerprint density at radius 1 is 1.14 bits per heavy atom. The first-order valence-electron chi connectivity index (χ1n) is 6.42. The second kappa shape index (κ2) is 4.48. The molecule has 3 heterocycles. The van der Waals surface area contributed by atoms with Crippen LogP contribution in [-0.2, 0) is 0 Å². The summed E-state index contributed by atoms with van der Waals surface area (Å²) >= 11 is 0. The van der Waals surface area contributed by atoms with E-state index in [1.54, 1.807) is 25.7 Å². The average molecular weight is 280 g/mol. The highest BCUT2D eigenvalue weighted by molar-refractivity contribution is 6.09. The highest BCUT2D eigenvalue weighted by Gasteiger charge is 2.11. The molecule has 7 nitrogen and oxygen atoms in total. The third-order valence-electron chi connectivity index (χ3n) is 3.36. The number of nitrogens with zero attached hydrogens (tertiary/aromatic N) is 3. The van der Waals surface area contributed by atoms with Crippen LogP contribution in [-0.4, -0.2) is 32.5 Å². The van der Waals surface area contributed by atoms with E-state index in [9.17, 15) is 0 Å². The van der Waals surface area contributed by atoms with Gasteiger partial charge in [0.05, 0.1) is 30.7 Å².